The number of benzene rings is 1. The Morgan fingerprint density at radius 2 is 1.04 bits per heavy atom. The summed E-state index contributed by atoms with van der Waals surface area (Å²) in [7, 11) is 1.28. The van der Waals surface area contributed by atoms with Gasteiger partial charge in [0.05, 0.1) is 33.5 Å². The molecule has 1 aromatic carbocycles. The standard InChI is InChI=1S/C34H56N4O12/c1-3-4-21-50-26-11-9-25(10-12-26)7-5-6-8-27(34(48)49-2)35-13-15-36(28(22-39)31(42)43)17-19-38(30(24-41)33(46)47)20-18-37(16-14-35)29(23-40)32(44)45/h9-12,27-30,39-41H,3-8,13-24H2,1-2H3,(H,42,43)(H,44,45)(H,46,47). The number of hydrogen-bond donors (Lipinski definition) is 6. The van der Waals surface area contributed by atoms with Crippen LogP contribution >= 0.6 is 0 Å². The van der Waals surface area contributed by atoms with Crippen molar-refractivity contribution in [1.29, 1.82) is 0 Å². The minimum Gasteiger partial charge on any atom is -0.494 e. The van der Waals surface area contributed by atoms with Crippen molar-refractivity contribution in [1.82, 2.24) is 19.6 Å². The Morgan fingerprint density at radius 3 is 1.38 bits per heavy atom. The van der Waals surface area contributed by atoms with Crippen LogP contribution in [0.25, 0.3) is 0 Å². The Balaban J connectivity index is 2.32. The van der Waals surface area contributed by atoms with Crippen LogP contribution in [0.5, 0.6) is 5.75 Å². The zero-order valence-corrected chi connectivity index (χ0v) is 29.3. The molecule has 0 aliphatic carbocycles. The second kappa shape index (κ2) is 23.2. The van der Waals surface area contributed by atoms with Crippen molar-refractivity contribution in [2.75, 3.05) is 85.9 Å². The van der Waals surface area contributed by atoms with Crippen LogP contribution in [-0.4, -0.2) is 184 Å². The van der Waals surface area contributed by atoms with Gasteiger partial charge in [0.2, 0.25) is 0 Å². The number of nitrogens with zero attached hydrogens (tertiary/aromatic N) is 4. The van der Waals surface area contributed by atoms with Crippen LogP contribution in [0.3, 0.4) is 0 Å². The van der Waals surface area contributed by atoms with Gasteiger partial charge < -0.3 is 40.1 Å². The molecule has 1 aliphatic rings. The summed E-state index contributed by atoms with van der Waals surface area (Å²) in [6.07, 6.45) is 4.61. The molecule has 50 heavy (non-hydrogen) atoms. The smallest absolute Gasteiger partial charge is 0.323 e. The second-order valence-corrected chi connectivity index (χ2v) is 12.4. The number of aliphatic hydroxyl groups is 3. The van der Waals surface area contributed by atoms with E-state index in [0.717, 1.165) is 37.0 Å². The van der Waals surface area contributed by atoms with Crippen molar-refractivity contribution in [3.05, 3.63) is 29.8 Å². The lowest BCUT2D eigenvalue weighted by Crippen LogP contribution is -2.57. The number of carboxylic acid groups (broad SMARTS) is 3. The van der Waals surface area contributed by atoms with Gasteiger partial charge in [-0.3, -0.25) is 38.8 Å². The van der Waals surface area contributed by atoms with E-state index in [1.165, 1.54) is 21.8 Å². The molecule has 1 saturated heterocycles. The third-order valence-corrected chi connectivity index (χ3v) is 9.19. The van der Waals surface area contributed by atoms with Crippen LogP contribution < -0.4 is 4.74 Å². The van der Waals surface area contributed by atoms with Gasteiger partial charge in [-0.15, -0.1) is 0 Å². The number of methoxy groups -OCH3 is 1. The van der Waals surface area contributed by atoms with E-state index < -0.39 is 67.9 Å². The number of rotatable bonds is 20. The quantitative estimate of drug-likeness (QED) is 0.0753. The van der Waals surface area contributed by atoms with Crippen molar-refractivity contribution in [2.24, 2.45) is 0 Å². The molecule has 1 aromatic rings. The maximum Gasteiger partial charge on any atom is 0.323 e. The first-order valence-electron chi connectivity index (χ1n) is 17.3. The van der Waals surface area contributed by atoms with Crippen molar-refractivity contribution in [3.63, 3.8) is 0 Å². The first-order valence-corrected chi connectivity index (χ1v) is 17.3. The Hall–Kier alpha value is -3.38. The lowest BCUT2D eigenvalue weighted by atomic mass is 10.0. The molecular weight excluding hydrogens is 656 g/mol. The fourth-order valence-electron chi connectivity index (χ4n) is 6.11. The summed E-state index contributed by atoms with van der Waals surface area (Å²) in [6.45, 7) is 0.906. The highest BCUT2D eigenvalue weighted by Gasteiger charge is 2.34. The van der Waals surface area contributed by atoms with Gasteiger partial charge in [-0.2, -0.15) is 0 Å². The lowest BCUT2D eigenvalue weighted by molar-refractivity contribution is -0.150. The van der Waals surface area contributed by atoms with Crippen LogP contribution in [0.1, 0.15) is 44.6 Å². The highest BCUT2D eigenvalue weighted by Crippen LogP contribution is 2.18. The molecule has 0 spiro atoms. The van der Waals surface area contributed by atoms with E-state index in [2.05, 4.69) is 6.92 Å². The molecule has 0 bridgehead atoms. The molecule has 1 fully saturated rings. The third kappa shape index (κ3) is 13.7. The Labute approximate surface area is 293 Å². The molecule has 1 heterocycles. The van der Waals surface area contributed by atoms with Crippen LogP contribution in [0.2, 0.25) is 0 Å². The summed E-state index contributed by atoms with van der Waals surface area (Å²) in [6, 6.07) is 3.16. The number of unbranched alkanes of at least 4 members (excludes halogenated alkanes) is 2. The summed E-state index contributed by atoms with van der Waals surface area (Å²) in [4.78, 5) is 55.6. The molecule has 0 saturated carbocycles. The van der Waals surface area contributed by atoms with Gasteiger partial charge in [-0.25, -0.2) is 0 Å². The van der Waals surface area contributed by atoms with Gasteiger partial charge in [0.1, 0.15) is 29.9 Å². The molecule has 6 N–H and O–H groups in total. The first kappa shape index (κ1) is 42.8. The number of aliphatic hydroxyl groups excluding tert-OH is 3. The summed E-state index contributed by atoms with van der Waals surface area (Å²) < 4.78 is 10.9. The zero-order valence-electron chi connectivity index (χ0n) is 29.3. The van der Waals surface area contributed by atoms with Gasteiger partial charge in [0, 0.05) is 52.4 Å². The predicted molar refractivity (Wildman–Crippen MR) is 182 cm³/mol. The maximum absolute atomic E-state index is 13.2. The SMILES string of the molecule is CCCCOc1ccc(CCCCC(C(=O)OC)N2CCN(C(CO)C(=O)O)CCN(C(CO)C(=O)O)CCN(C(CO)C(=O)O)CC2)cc1. The second-order valence-electron chi connectivity index (χ2n) is 12.4. The van der Waals surface area contributed by atoms with E-state index in [1.807, 2.05) is 29.2 Å². The lowest BCUT2D eigenvalue weighted by Gasteiger charge is -2.39. The summed E-state index contributed by atoms with van der Waals surface area (Å²) >= 11 is 0. The number of aliphatic carboxylic acids is 3. The minimum atomic E-state index is -1.35. The molecule has 4 atom stereocenters. The number of esters is 1. The number of ether oxygens (including phenoxy) is 2. The molecule has 0 radical (unpaired) electrons. The van der Waals surface area contributed by atoms with Crippen molar-refractivity contribution in [2.45, 2.75) is 69.6 Å². The zero-order chi connectivity index (χ0) is 37.1. The molecule has 284 valence electrons. The van der Waals surface area contributed by atoms with Gasteiger partial charge >= 0.3 is 23.9 Å². The molecule has 16 heteroatoms. The third-order valence-electron chi connectivity index (χ3n) is 9.19. The maximum atomic E-state index is 13.2. The van der Waals surface area contributed by atoms with E-state index >= 15 is 0 Å². The summed E-state index contributed by atoms with van der Waals surface area (Å²) in [5.74, 6) is -3.56. The molecule has 16 nitrogen and oxygen atoms in total. The van der Waals surface area contributed by atoms with E-state index in [0.29, 0.717) is 19.4 Å². The summed E-state index contributed by atoms with van der Waals surface area (Å²) in [5.41, 5.74) is 1.12. The topological polar surface area (TPSA) is 221 Å². The highest BCUT2D eigenvalue weighted by molar-refractivity contribution is 5.76. The normalized spacial score (nSPS) is 18.6. The molecule has 0 aromatic heterocycles. The van der Waals surface area contributed by atoms with Crippen LogP contribution in [0.4, 0.5) is 0 Å². The molecular formula is C34H56N4O12. The fourth-order valence-corrected chi connectivity index (χ4v) is 6.11. The Morgan fingerprint density at radius 1 is 0.640 bits per heavy atom. The number of carbonyl (C=O) groups excluding carboxylic acids is 1. The Kier molecular flexibility index (Phi) is 19.8. The number of carbonyl (C=O) groups is 4. The predicted octanol–water partition coefficient (Wildman–Crippen LogP) is -0.322. The average molecular weight is 713 g/mol. The van der Waals surface area contributed by atoms with Crippen LogP contribution in [0.15, 0.2) is 24.3 Å². The van der Waals surface area contributed by atoms with Gasteiger partial charge in [0.15, 0.2) is 0 Å². The summed E-state index contributed by atoms with van der Waals surface area (Å²) in [5, 5.41) is 59.3. The van der Waals surface area contributed by atoms with Crippen LogP contribution in [0, 0.1) is 0 Å². The number of hydrogen-bond acceptors (Lipinski definition) is 13. The van der Waals surface area contributed by atoms with E-state index in [9.17, 15) is 49.8 Å². The van der Waals surface area contributed by atoms with E-state index in [-0.39, 0.29) is 52.4 Å². The molecule has 4 unspecified atom stereocenters. The van der Waals surface area contributed by atoms with Gasteiger partial charge in [-0.1, -0.05) is 31.9 Å². The van der Waals surface area contributed by atoms with Crippen molar-refractivity contribution in [3.8, 4) is 5.75 Å². The van der Waals surface area contributed by atoms with Gasteiger partial charge in [0.25, 0.3) is 0 Å². The average Bonchev–Trinajstić information content (AvgIpc) is 3.08. The minimum absolute atomic E-state index is 0.0111. The van der Waals surface area contributed by atoms with Crippen molar-refractivity contribution >= 4 is 23.9 Å². The molecule has 1 aliphatic heterocycles. The van der Waals surface area contributed by atoms with Crippen LogP contribution in [-0.2, 0) is 30.3 Å². The molecule has 0 amide bonds. The first-order chi connectivity index (χ1) is 24.0. The number of carboxylic acids is 3. The van der Waals surface area contributed by atoms with Gasteiger partial charge in [-0.05, 0) is 43.4 Å². The monoisotopic (exact) mass is 712 g/mol. The fraction of sp³-hybridized carbons (Fsp3) is 0.706. The van der Waals surface area contributed by atoms with Crippen molar-refractivity contribution < 1.29 is 59.3 Å². The Bertz CT molecular complexity index is 1140. The van der Waals surface area contributed by atoms with E-state index in [4.69, 9.17) is 9.47 Å². The largest absolute Gasteiger partial charge is 0.494 e. The molecule has 2 rings (SSSR count). The highest BCUT2D eigenvalue weighted by atomic mass is 16.5. The van der Waals surface area contributed by atoms with E-state index in [1.54, 1.807) is 0 Å². The number of aryl methyl sites for hydroxylation is 1.